The maximum atomic E-state index is 11.1. The van der Waals surface area contributed by atoms with Crippen LogP contribution in [0.5, 0.6) is 0 Å². The Labute approximate surface area is 107 Å². The highest BCUT2D eigenvalue weighted by atomic mass is 32.2. The number of carbonyl (C=O) groups is 1. The molecule has 1 rings (SSSR count). The highest BCUT2D eigenvalue weighted by Crippen LogP contribution is 2.24. The van der Waals surface area contributed by atoms with Crippen LogP contribution in [-0.4, -0.2) is 28.2 Å². The topological polar surface area (TPSA) is 120 Å². The highest BCUT2D eigenvalue weighted by molar-refractivity contribution is 7.99. The Kier molecular flexibility index (Phi) is 5.33. The number of nitrogens with zero attached hydrogens (tertiary/aromatic N) is 2. The third-order valence-electron chi connectivity index (χ3n) is 1.79. The molecule has 0 bridgehead atoms. The van der Waals surface area contributed by atoms with Crippen LogP contribution in [0.4, 0.5) is 11.5 Å². The van der Waals surface area contributed by atoms with Crippen molar-refractivity contribution in [3.05, 3.63) is 22.2 Å². The predicted octanol–water partition coefficient (Wildman–Crippen LogP) is 0.931. The summed E-state index contributed by atoms with van der Waals surface area (Å²) < 4.78 is 4.74. The second kappa shape index (κ2) is 6.77. The van der Waals surface area contributed by atoms with Crippen LogP contribution in [0.15, 0.2) is 17.2 Å². The number of ether oxygens (including phenoxy) is 1. The van der Waals surface area contributed by atoms with Crippen molar-refractivity contribution in [3.8, 4) is 0 Å². The summed E-state index contributed by atoms with van der Waals surface area (Å²) in [6.07, 6.45) is 0. The number of esters is 1. The van der Waals surface area contributed by atoms with Crippen molar-refractivity contribution in [2.45, 2.75) is 11.9 Å². The minimum atomic E-state index is -0.559. The van der Waals surface area contributed by atoms with Gasteiger partial charge >= 0.3 is 5.97 Å². The maximum Gasteiger partial charge on any atom is 0.316 e. The Morgan fingerprint density at radius 1 is 1.67 bits per heavy atom. The zero-order chi connectivity index (χ0) is 13.5. The summed E-state index contributed by atoms with van der Waals surface area (Å²) in [4.78, 5) is 25.2. The number of carbonyl (C=O) groups excluding carboxylic acids is 1. The monoisotopic (exact) mass is 272 g/mol. The van der Waals surface area contributed by atoms with E-state index in [0.717, 1.165) is 11.8 Å². The van der Waals surface area contributed by atoms with Gasteiger partial charge in [0.1, 0.15) is 10.8 Å². The smallest absolute Gasteiger partial charge is 0.316 e. The molecule has 0 aromatic carbocycles. The molecule has 0 unspecified atom stereocenters. The van der Waals surface area contributed by atoms with Crippen molar-refractivity contribution in [2.24, 2.45) is 5.84 Å². The lowest BCUT2D eigenvalue weighted by Crippen LogP contribution is -2.10. The van der Waals surface area contributed by atoms with Gasteiger partial charge in [-0.3, -0.25) is 14.9 Å². The Morgan fingerprint density at radius 2 is 2.39 bits per heavy atom. The van der Waals surface area contributed by atoms with Crippen LogP contribution >= 0.6 is 11.8 Å². The molecule has 0 fully saturated rings. The van der Waals surface area contributed by atoms with Crippen LogP contribution in [0.1, 0.15) is 6.92 Å². The van der Waals surface area contributed by atoms with Crippen molar-refractivity contribution >= 4 is 29.2 Å². The second-order valence-corrected chi connectivity index (χ2v) is 4.04. The average Bonchev–Trinajstić information content (AvgIpc) is 2.36. The van der Waals surface area contributed by atoms with Gasteiger partial charge in [-0.05, 0) is 6.92 Å². The Bertz CT molecular complexity index is 454. The number of rotatable bonds is 6. The molecule has 0 saturated heterocycles. The first-order valence-electron chi connectivity index (χ1n) is 4.98. The summed E-state index contributed by atoms with van der Waals surface area (Å²) in [6, 6.07) is 2.47. The fourth-order valence-electron chi connectivity index (χ4n) is 1.08. The molecular formula is C9H12N4O4S. The third kappa shape index (κ3) is 4.18. The molecule has 0 atom stereocenters. The second-order valence-electron chi connectivity index (χ2n) is 3.04. The largest absolute Gasteiger partial charge is 0.465 e. The molecule has 0 radical (unpaired) electrons. The van der Waals surface area contributed by atoms with Gasteiger partial charge < -0.3 is 10.2 Å². The lowest BCUT2D eigenvalue weighted by Gasteiger charge is -2.04. The number of nitrogen functional groups attached to an aromatic ring is 1. The van der Waals surface area contributed by atoms with Crippen molar-refractivity contribution in [3.63, 3.8) is 0 Å². The summed E-state index contributed by atoms with van der Waals surface area (Å²) in [7, 11) is 0. The van der Waals surface area contributed by atoms with Crippen molar-refractivity contribution in [2.75, 3.05) is 17.8 Å². The summed E-state index contributed by atoms with van der Waals surface area (Å²) >= 11 is 1.04. The minimum absolute atomic E-state index is 0.0337. The molecule has 3 N–H and O–H groups in total. The van der Waals surface area contributed by atoms with Gasteiger partial charge in [-0.25, -0.2) is 10.8 Å². The minimum Gasteiger partial charge on any atom is -0.465 e. The molecule has 1 aromatic rings. The summed E-state index contributed by atoms with van der Waals surface area (Å²) in [5.41, 5.74) is 2.08. The lowest BCUT2D eigenvalue weighted by atomic mass is 10.4. The van der Waals surface area contributed by atoms with E-state index in [4.69, 9.17) is 10.6 Å². The average molecular weight is 272 g/mol. The number of anilines is 1. The summed E-state index contributed by atoms with van der Waals surface area (Å²) in [5.74, 6) is 4.95. The Hall–Kier alpha value is -1.87. The van der Waals surface area contributed by atoms with Gasteiger partial charge in [0.05, 0.1) is 23.3 Å². The molecule has 0 saturated carbocycles. The van der Waals surface area contributed by atoms with Gasteiger partial charge in [-0.2, -0.15) is 0 Å². The van der Waals surface area contributed by atoms with E-state index in [1.54, 1.807) is 6.92 Å². The van der Waals surface area contributed by atoms with Crippen molar-refractivity contribution in [1.82, 2.24) is 4.98 Å². The molecule has 0 spiro atoms. The molecular weight excluding hydrogens is 260 g/mol. The normalized spacial score (nSPS) is 9.89. The number of hydrogen-bond donors (Lipinski definition) is 2. The maximum absolute atomic E-state index is 11.1. The molecule has 98 valence electrons. The van der Waals surface area contributed by atoms with E-state index in [2.05, 4.69) is 10.4 Å². The Morgan fingerprint density at radius 3 is 2.94 bits per heavy atom. The molecule has 1 aromatic heterocycles. The fraction of sp³-hybridized carbons (Fsp3) is 0.333. The summed E-state index contributed by atoms with van der Waals surface area (Å²) in [5, 5.41) is 11.0. The fourth-order valence-corrected chi connectivity index (χ4v) is 1.80. The van der Waals surface area contributed by atoms with Crippen molar-refractivity contribution < 1.29 is 14.5 Å². The van der Waals surface area contributed by atoms with E-state index in [9.17, 15) is 14.9 Å². The van der Waals surface area contributed by atoms with E-state index in [-0.39, 0.29) is 23.9 Å². The number of aromatic nitrogens is 1. The highest BCUT2D eigenvalue weighted by Gasteiger charge is 2.12. The van der Waals surface area contributed by atoms with E-state index in [0.29, 0.717) is 5.03 Å². The van der Waals surface area contributed by atoms with E-state index in [1.165, 1.54) is 12.1 Å². The quantitative estimate of drug-likeness (QED) is 0.258. The number of nitrogens with one attached hydrogen (secondary N) is 1. The number of hydrazine groups is 1. The lowest BCUT2D eigenvalue weighted by molar-refractivity contribution is -0.385. The van der Waals surface area contributed by atoms with E-state index >= 15 is 0 Å². The van der Waals surface area contributed by atoms with Crippen LogP contribution in [-0.2, 0) is 9.53 Å². The van der Waals surface area contributed by atoms with Gasteiger partial charge in [0, 0.05) is 6.07 Å². The molecule has 18 heavy (non-hydrogen) atoms. The first-order chi connectivity index (χ1) is 8.56. The standard InChI is InChI=1S/C9H12N4O4S/c1-2-17-9(14)5-18-8-4-6(13(15)16)3-7(11-8)12-10/h3-4H,2,5,10H2,1H3,(H,11,12). The Balaban J connectivity index is 2.78. The first kappa shape index (κ1) is 14.2. The first-order valence-corrected chi connectivity index (χ1v) is 5.97. The van der Waals surface area contributed by atoms with Crippen LogP contribution in [0, 0.1) is 10.1 Å². The van der Waals surface area contributed by atoms with Gasteiger partial charge in [0.2, 0.25) is 0 Å². The number of nitro groups is 1. The van der Waals surface area contributed by atoms with E-state index < -0.39 is 10.9 Å². The number of thioether (sulfide) groups is 1. The SMILES string of the molecule is CCOC(=O)CSc1cc([N+](=O)[O-])cc(NN)n1. The van der Waals surface area contributed by atoms with E-state index in [1.807, 2.05) is 0 Å². The molecule has 0 amide bonds. The van der Waals surface area contributed by atoms with Crippen LogP contribution in [0.3, 0.4) is 0 Å². The number of hydrogen-bond acceptors (Lipinski definition) is 8. The van der Waals surface area contributed by atoms with Gasteiger partial charge in [-0.1, -0.05) is 11.8 Å². The number of nitrogens with two attached hydrogens (primary N) is 1. The van der Waals surface area contributed by atoms with Crippen LogP contribution in [0.2, 0.25) is 0 Å². The zero-order valence-corrected chi connectivity index (χ0v) is 10.4. The molecule has 9 heteroatoms. The number of pyridine rings is 1. The van der Waals surface area contributed by atoms with Gasteiger partial charge in [-0.15, -0.1) is 0 Å². The summed E-state index contributed by atoms with van der Waals surface area (Å²) in [6.45, 7) is 1.99. The van der Waals surface area contributed by atoms with Gasteiger partial charge in [0.15, 0.2) is 0 Å². The third-order valence-corrected chi connectivity index (χ3v) is 2.67. The molecule has 0 aliphatic heterocycles. The zero-order valence-electron chi connectivity index (χ0n) is 9.58. The van der Waals surface area contributed by atoms with Crippen LogP contribution in [0.25, 0.3) is 0 Å². The predicted molar refractivity (Wildman–Crippen MR) is 66.1 cm³/mol. The van der Waals surface area contributed by atoms with Gasteiger partial charge in [0.25, 0.3) is 5.69 Å². The molecule has 0 aliphatic carbocycles. The molecule has 0 aliphatic rings. The van der Waals surface area contributed by atoms with Crippen LogP contribution < -0.4 is 11.3 Å². The molecule has 8 nitrogen and oxygen atoms in total. The molecule has 1 heterocycles. The van der Waals surface area contributed by atoms with Crippen molar-refractivity contribution in [1.29, 1.82) is 0 Å².